The van der Waals surface area contributed by atoms with E-state index in [2.05, 4.69) is 221 Å². The molecule has 12 aromatic carbocycles. The molecule has 0 amide bonds. The summed E-state index contributed by atoms with van der Waals surface area (Å²) >= 11 is 0. The van der Waals surface area contributed by atoms with Gasteiger partial charge >= 0.3 is 0 Å². The molecule has 0 fully saturated rings. The minimum absolute atomic E-state index is 1.31. The maximum absolute atomic E-state index is 2.32. The Morgan fingerprint density at radius 1 is 0.193 bits per heavy atom. The van der Waals surface area contributed by atoms with Crippen LogP contribution in [0.15, 0.2) is 200 Å². The van der Waals surface area contributed by atoms with Crippen molar-refractivity contribution < 1.29 is 0 Å². The Kier molecular flexibility index (Phi) is 8.61. The molecule has 12 rings (SSSR count). The van der Waals surface area contributed by atoms with Crippen molar-refractivity contribution in [2.24, 2.45) is 0 Å². The van der Waals surface area contributed by atoms with Gasteiger partial charge in [0.2, 0.25) is 0 Å². The number of fused-ring (bicyclic) bond motifs is 12. The van der Waals surface area contributed by atoms with Crippen LogP contribution in [0.3, 0.4) is 0 Å². The van der Waals surface area contributed by atoms with E-state index in [1.165, 1.54) is 114 Å². The van der Waals surface area contributed by atoms with Crippen molar-refractivity contribution in [1.29, 1.82) is 0 Å². The lowest BCUT2D eigenvalue weighted by Gasteiger charge is -2.10. The van der Waals surface area contributed by atoms with Gasteiger partial charge in [-0.3, -0.25) is 0 Å². The van der Waals surface area contributed by atoms with E-state index in [1.54, 1.807) is 0 Å². The lowest BCUT2D eigenvalue weighted by Crippen LogP contribution is -1.84. The Balaban J connectivity index is 0.000000104. The Bertz CT molecular complexity index is 3450. The Morgan fingerprint density at radius 3 is 1.30 bits per heavy atom. The smallest absolute Gasteiger partial charge is 0.00964 e. The summed E-state index contributed by atoms with van der Waals surface area (Å²) < 4.78 is 0. The van der Waals surface area contributed by atoms with Crippen LogP contribution in [-0.4, -0.2) is 0 Å². The molecule has 0 bridgehead atoms. The molecule has 0 saturated carbocycles. The molecular weight excluding hydrogens is 685 g/mol. The van der Waals surface area contributed by atoms with Gasteiger partial charge in [-0.2, -0.15) is 0 Å². The summed E-state index contributed by atoms with van der Waals surface area (Å²) in [4.78, 5) is 0. The third-order valence-electron chi connectivity index (χ3n) is 11.9. The molecule has 0 atom stereocenters. The Labute approximate surface area is 333 Å². The third kappa shape index (κ3) is 6.21. The van der Waals surface area contributed by atoms with E-state index in [4.69, 9.17) is 0 Å². The normalized spacial score (nSPS) is 11.4. The first-order chi connectivity index (χ1) is 28.0. The van der Waals surface area contributed by atoms with Crippen molar-refractivity contribution in [2.45, 2.75) is 20.8 Å². The van der Waals surface area contributed by atoms with Gasteiger partial charge in [0, 0.05) is 0 Å². The molecule has 270 valence electrons. The maximum atomic E-state index is 2.32. The van der Waals surface area contributed by atoms with Crippen LogP contribution in [0.2, 0.25) is 0 Å². The van der Waals surface area contributed by atoms with Gasteiger partial charge in [-0.25, -0.2) is 0 Å². The van der Waals surface area contributed by atoms with Gasteiger partial charge < -0.3 is 0 Å². The van der Waals surface area contributed by atoms with E-state index in [1.807, 2.05) is 0 Å². The minimum atomic E-state index is 1.31. The zero-order valence-corrected chi connectivity index (χ0v) is 32.6. The maximum Gasteiger partial charge on any atom is -0.00964 e. The Hall–Kier alpha value is -7.02. The number of aryl methyl sites for hydroxylation is 3. The van der Waals surface area contributed by atoms with Gasteiger partial charge in [0.05, 0.1) is 0 Å². The van der Waals surface area contributed by atoms with Gasteiger partial charge in [-0.15, -0.1) is 0 Å². The molecule has 0 aliphatic carbocycles. The zero-order chi connectivity index (χ0) is 38.5. The largest absolute Gasteiger partial charge is 0.0616 e. The van der Waals surface area contributed by atoms with Gasteiger partial charge in [0.15, 0.2) is 0 Å². The van der Waals surface area contributed by atoms with Crippen molar-refractivity contribution >= 4 is 97.0 Å². The van der Waals surface area contributed by atoms with Crippen LogP contribution in [-0.2, 0) is 0 Å². The number of benzene rings is 12. The third-order valence-corrected chi connectivity index (χ3v) is 11.9. The highest BCUT2D eigenvalue weighted by molar-refractivity contribution is 6.15. The number of hydrogen-bond acceptors (Lipinski definition) is 0. The number of hydrogen-bond donors (Lipinski definition) is 0. The predicted octanol–water partition coefficient (Wildman–Crippen LogP) is 16.4. The highest BCUT2D eigenvalue weighted by Crippen LogP contribution is 2.34. The summed E-state index contributed by atoms with van der Waals surface area (Å²) in [6.07, 6.45) is 0. The minimum Gasteiger partial charge on any atom is -0.0616 e. The molecule has 0 nitrogen and oxygen atoms in total. The van der Waals surface area contributed by atoms with E-state index in [9.17, 15) is 0 Å². The van der Waals surface area contributed by atoms with Crippen LogP contribution in [0, 0.1) is 20.8 Å². The first-order valence-electron chi connectivity index (χ1n) is 19.9. The predicted molar refractivity (Wildman–Crippen MR) is 251 cm³/mol. The molecule has 57 heavy (non-hydrogen) atoms. The fourth-order valence-corrected chi connectivity index (χ4v) is 8.97. The van der Waals surface area contributed by atoms with E-state index in [0.717, 1.165) is 0 Å². The van der Waals surface area contributed by atoms with Crippen molar-refractivity contribution in [3.05, 3.63) is 217 Å². The molecule has 0 N–H and O–H groups in total. The van der Waals surface area contributed by atoms with E-state index < -0.39 is 0 Å². The SMILES string of the molecule is Cc1c2ccccc2cc2c1ccc1ccccc12.Cc1cc2cc3ccccc3cc2c2ccccc12.Cc1cccc2c1ccc1cc3ccccc3cc12. The summed E-state index contributed by atoms with van der Waals surface area (Å²) in [5, 5.41) is 24.0. The van der Waals surface area contributed by atoms with E-state index in [0.29, 0.717) is 0 Å². The quantitative estimate of drug-likeness (QED) is 0.108. The standard InChI is InChI=1S/3C19H14/c1-13-16-8-4-3-7-15(16)12-19-17(13)11-10-14-6-2-5-9-18(14)19;1-13-5-4-8-18-17(13)10-9-16-11-14-6-2-3-7-15(14)12-19(16)18;1-13-10-16-11-14-6-2-3-7-15(14)12-19(16)18-9-5-4-8-17(13)18/h3*2-12H,1H3. The molecule has 0 aliphatic heterocycles. The highest BCUT2D eigenvalue weighted by atomic mass is 14.1. The van der Waals surface area contributed by atoms with E-state index in [-0.39, 0.29) is 0 Å². The molecule has 0 spiro atoms. The van der Waals surface area contributed by atoms with Crippen molar-refractivity contribution in [3.63, 3.8) is 0 Å². The first-order valence-corrected chi connectivity index (χ1v) is 19.9. The van der Waals surface area contributed by atoms with Crippen LogP contribution in [0.5, 0.6) is 0 Å². The molecule has 0 unspecified atom stereocenters. The average Bonchev–Trinajstić information content (AvgIpc) is 3.26. The lowest BCUT2D eigenvalue weighted by atomic mass is 9.94. The summed E-state index contributed by atoms with van der Waals surface area (Å²) in [7, 11) is 0. The first kappa shape index (κ1) is 34.5. The molecule has 0 aliphatic rings. The summed E-state index contributed by atoms with van der Waals surface area (Å²) in [5.74, 6) is 0. The van der Waals surface area contributed by atoms with Gasteiger partial charge in [-0.05, 0) is 165 Å². The molecule has 0 radical (unpaired) electrons. The topological polar surface area (TPSA) is 0 Å². The van der Waals surface area contributed by atoms with Crippen molar-refractivity contribution in [3.8, 4) is 0 Å². The monoisotopic (exact) mass is 726 g/mol. The Morgan fingerprint density at radius 2 is 0.614 bits per heavy atom. The van der Waals surface area contributed by atoms with Crippen LogP contribution in [0.25, 0.3) is 97.0 Å². The fourth-order valence-electron chi connectivity index (χ4n) is 8.97. The second-order valence-corrected chi connectivity index (χ2v) is 15.4. The van der Waals surface area contributed by atoms with Gasteiger partial charge in [-0.1, -0.05) is 170 Å². The van der Waals surface area contributed by atoms with Gasteiger partial charge in [0.25, 0.3) is 0 Å². The molecule has 0 heterocycles. The molecular formula is C57H42. The average molecular weight is 727 g/mol. The lowest BCUT2D eigenvalue weighted by molar-refractivity contribution is 1.54. The second kappa shape index (κ2) is 14.2. The second-order valence-electron chi connectivity index (χ2n) is 15.4. The highest BCUT2D eigenvalue weighted by Gasteiger charge is 2.08. The summed E-state index contributed by atoms with van der Waals surface area (Å²) in [6, 6.07) is 72.3. The summed E-state index contributed by atoms with van der Waals surface area (Å²) in [5.41, 5.74) is 4.06. The summed E-state index contributed by atoms with van der Waals surface area (Å²) in [6.45, 7) is 6.59. The zero-order valence-electron chi connectivity index (χ0n) is 32.6. The van der Waals surface area contributed by atoms with Crippen LogP contribution in [0.4, 0.5) is 0 Å². The number of rotatable bonds is 0. The van der Waals surface area contributed by atoms with Crippen LogP contribution >= 0.6 is 0 Å². The fraction of sp³-hybridized carbons (Fsp3) is 0.0526. The van der Waals surface area contributed by atoms with Crippen LogP contribution < -0.4 is 0 Å². The van der Waals surface area contributed by atoms with Crippen molar-refractivity contribution in [1.82, 2.24) is 0 Å². The van der Waals surface area contributed by atoms with Crippen LogP contribution in [0.1, 0.15) is 16.7 Å². The van der Waals surface area contributed by atoms with Gasteiger partial charge in [0.1, 0.15) is 0 Å². The molecule has 12 aromatic rings. The molecule has 0 saturated heterocycles. The van der Waals surface area contributed by atoms with Crippen molar-refractivity contribution in [2.75, 3.05) is 0 Å². The molecule has 0 aromatic heterocycles. The van der Waals surface area contributed by atoms with E-state index >= 15 is 0 Å². The molecule has 0 heteroatoms.